The Kier molecular flexibility index (Phi) is 4.47. The molecule has 3 nitrogen and oxygen atoms in total. The minimum absolute atomic E-state index is 0.0126. The van der Waals surface area contributed by atoms with Crippen LogP contribution in [0, 0.1) is 5.82 Å². The van der Waals surface area contributed by atoms with Crippen LogP contribution in [0.2, 0.25) is 10.2 Å². The van der Waals surface area contributed by atoms with Gasteiger partial charge in [0.1, 0.15) is 5.82 Å². The molecule has 0 amide bonds. The maximum atomic E-state index is 14.0. The number of halogens is 3. The second-order valence-electron chi connectivity index (χ2n) is 4.08. The highest BCUT2D eigenvalue weighted by molar-refractivity contribution is 6.30. The topological polar surface area (TPSA) is 59.4 Å². The lowest BCUT2D eigenvalue weighted by Crippen LogP contribution is -2.21. The fourth-order valence-electron chi connectivity index (χ4n) is 1.97. The Hall–Kier alpha value is -1.07. The molecule has 2 unspecified atom stereocenters. The fourth-order valence-corrected chi connectivity index (χ4v) is 2.37. The average Bonchev–Trinajstić information content (AvgIpc) is 2.81. The summed E-state index contributed by atoms with van der Waals surface area (Å²) in [6, 6.07) is 6.10. The van der Waals surface area contributed by atoms with Crippen LogP contribution in [0.5, 0.6) is 0 Å². The Bertz CT molecular complexity index is 574. The third-order valence-electron chi connectivity index (χ3n) is 2.98. The summed E-state index contributed by atoms with van der Waals surface area (Å²) in [6.45, 7) is 0.0416. The van der Waals surface area contributed by atoms with Gasteiger partial charge >= 0.3 is 0 Å². The molecule has 6 heteroatoms. The number of hydrogen-bond acceptors (Lipinski definition) is 3. The lowest BCUT2D eigenvalue weighted by atomic mass is 9.90. The largest absolute Gasteiger partial charge is 0.453 e. The molecule has 1 heterocycles. The minimum Gasteiger partial charge on any atom is -0.453 e. The van der Waals surface area contributed by atoms with Crippen molar-refractivity contribution in [3.8, 4) is 0 Å². The molecule has 0 aliphatic heterocycles. The van der Waals surface area contributed by atoms with Crippen molar-refractivity contribution in [1.29, 1.82) is 0 Å². The molecule has 1 aromatic heterocycles. The monoisotopic (exact) mass is 303 g/mol. The van der Waals surface area contributed by atoms with Crippen molar-refractivity contribution < 1.29 is 13.9 Å². The molecule has 1 aromatic carbocycles. The standard InChI is InChI=1S/C13H12Cl2FNO2/c14-10-3-1-2-7(11(10)16)9(6-17)12(18)8-4-5-19-13(8)15/h1-5,9,12,18H,6,17H2. The molecule has 0 spiro atoms. The number of aliphatic hydroxyl groups excluding tert-OH is 1. The van der Waals surface area contributed by atoms with E-state index in [-0.39, 0.29) is 22.4 Å². The number of benzene rings is 1. The number of rotatable bonds is 4. The molecular weight excluding hydrogens is 292 g/mol. The van der Waals surface area contributed by atoms with Crippen molar-refractivity contribution >= 4 is 23.2 Å². The molecule has 0 saturated heterocycles. The first-order valence-corrected chi connectivity index (χ1v) is 6.36. The van der Waals surface area contributed by atoms with Crippen molar-refractivity contribution in [3.63, 3.8) is 0 Å². The summed E-state index contributed by atoms with van der Waals surface area (Å²) in [5.74, 6) is -1.24. The Labute approximate surface area is 119 Å². The van der Waals surface area contributed by atoms with E-state index >= 15 is 0 Å². The Morgan fingerprint density at radius 1 is 1.26 bits per heavy atom. The maximum Gasteiger partial charge on any atom is 0.198 e. The van der Waals surface area contributed by atoms with Crippen molar-refractivity contribution in [2.24, 2.45) is 5.73 Å². The zero-order valence-electron chi connectivity index (χ0n) is 9.82. The number of hydrogen-bond donors (Lipinski definition) is 2. The van der Waals surface area contributed by atoms with Crippen molar-refractivity contribution in [1.82, 2.24) is 0 Å². The van der Waals surface area contributed by atoms with Crippen LogP contribution in [0.4, 0.5) is 4.39 Å². The number of nitrogens with two attached hydrogens (primary N) is 1. The molecule has 0 saturated carbocycles. The second kappa shape index (κ2) is 5.92. The van der Waals surface area contributed by atoms with E-state index in [2.05, 4.69) is 0 Å². The van der Waals surface area contributed by atoms with E-state index in [0.29, 0.717) is 5.56 Å². The van der Waals surface area contributed by atoms with E-state index in [0.717, 1.165) is 0 Å². The molecule has 0 aliphatic rings. The van der Waals surface area contributed by atoms with Gasteiger partial charge < -0.3 is 15.3 Å². The van der Waals surface area contributed by atoms with E-state index in [1.165, 1.54) is 24.5 Å². The first-order chi connectivity index (χ1) is 9.06. The van der Waals surface area contributed by atoms with E-state index in [1.54, 1.807) is 6.07 Å². The number of aliphatic hydroxyl groups is 1. The Balaban J connectivity index is 2.40. The molecule has 2 aromatic rings. The molecule has 2 rings (SSSR count). The average molecular weight is 304 g/mol. The summed E-state index contributed by atoms with van der Waals surface area (Å²) in [6.07, 6.45) is 0.284. The van der Waals surface area contributed by atoms with Gasteiger partial charge in [-0.3, -0.25) is 0 Å². The molecule has 0 radical (unpaired) electrons. The quantitative estimate of drug-likeness (QED) is 0.909. The SMILES string of the molecule is NCC(c1cccc(Cl)c1F)C(O)c1ccoc1Cl. The van der Waals surface area contributed by atoms with E-state index in [4.69, 9.17) is 33.4 Å². The van der Waals surface area contributed by atoms with E-state index in [9.17, 15) is 9.50 Å². The van der Waals surface area contributed by atoms with Crippen LogP contribution in [-0.2, 0) is 0 Å². The first-order valence-electron chi connectivity index (χ1n) is 5.61. The summed E-state index contributed by atoms with van der Waals surface area (Å²) < 4.78 is 18.9. The zero-order valence-corrected chi connectivity index (χ0v) is 11.3. The molecule has 102 valence electrons. The van der Waals surface area contributed by atoms with Crippen LogP contribution in [0.15, 0.2) is 34.9 Å². The van der Waals surface area contributed by atoms with Gasteiger partial charge in [0.2, 0.25) is 0 Å². The van der Waals surface area contributed by atoms with Gasteiger partial charge in [-0.05, 0) is 29.3 Å². The predicted octanol–water partition coefficient (Wildman–Crippen LogP) is 3.50. The van der Waals surface area contributed by atoms with Crippen LogP contribution in [0.1, 0.15) is 23.1 Å². The van der Waals surface area contributed by atoms with Gasteiger partial charge in [0.25, 0.3) is 0 Å². The first kappa shape index (κ1) is 14.3. The summed E-state index contributed by atoms with van der Waals surface area (Å²) in [4.78, 5) is 0. The third kappa shape index (κ3) is 2.77. The number of furan rings is 1. The lowest BCUT2D eigenvalue weighted by molar-refractivity contribution is 0.145. The van der Waals surface area contributed by atoms with Crippen molar-refractivity contribution in [2.45, 2.75) is 12.0 Å². The van der Waals surface area contributed by atoms with Crippen LogP contribution < -0.4 is 5.73 Å². The van der Waals surface area contributed by atoms with Crippen molar-refractivity contribution in [2.75, 3.05) is 6.54 Å². The predicted molar refractivity (Wildman–Crippen MR) is 71.9 cm³/mol. The summed E-state index contributed by atoms with van der Waals surface area (Å²) in [5.41, 5.74) is 6.26. The third-order valence-corrected chi connectivity index (χ3v) is 3.58. The van der Waals surface area contributed by atoms with Crippen LogP contribution in [-0.4, -0.2) is 11.7 Å². The fraction of sp³-hybridized carbons (Fsp3) is 0.231. The highest BCUT2D eigenvalue weighted by Crippen LogP contribution is 2.36. The van der Waals surface area contributed by atoms with Gasteiger partial charge in [0.05, 0.1) is 17.4 Å². The normalized spacial score (nSPS) is 14.4. The Morgan fingerprint density at radius 3 is 2.58 bits per heavy atom. The summed E-state index contributed by atoms with van der Waals surface area (Å²) in [5, 5.41) is 10.3. The van der Waals surface area contributed by atoms with Gasteiger partial charge in [-0.2, -0.15) is 0 Å². The highest BCUT2D eigenvalue weighted by Gasteiger charge is 2.27. The summed E-state index contributed by atoms with van der Waals surface area (Å²) >= 11 is 11.5. The maximum absolute atomic E-state index is 14.0. The zero-order chi connectivity index (χ0) is 14.0. The van der Waals surface area contributed by atoms with Crippen LogP contribution in [0.25, 0.3) is 0 Å². The van der Waals surface area contributed by atoms with Crippen molar-refractivity contribution in [3.05, 3.63) is 57.7 Å². The van der Waals surface area contributed by atoms with Crippen LogP contribution in [0.3, 0.4) is 0 Å². The van der Waals surface area contributed by atoms with E-state index < -0.39 is 17.8 Å². The lowest BCUT2D eigenvalue weighted by Gasteiger charge is -2.22. The Morgan fingerprint density at radius 2 is 2.00 bits per heavy atom. The highest BCUT2D eigenvalue weighted by atomic mass is 35.5. The molecule has 0 aliphatic carbocycles. The molecule has 2 atom stereocenters. The van der Waals surface area contributed by atoms with Gasteiger partial charge in [-0.1, -0.05) is 23.7 Å². The van der Waals surface area contributed by atoms with E-state index in [1.807, 2.05) is 0 Å². The molecule has 0 fully saturated rings. The molecule has 19 heavy (non-hydrogen) atoms. The van der Waals surface area contributed by atoms with Gasteiger partial charge in [0, 0.05) is 18.0 Å². The minimum atomic E-state index is -1.07. The van der Waals surface area contributed by atoms with Gasteiger partial charge in [0.15, 0.2) is 5.22 Å². The van der Waals surface area contributed by atoms with Gasteiger partial charge in [-0.25, -0.2) is 4.39 Å². The smallest absolute Gasteiger partial charge is 0.198 e. The van der Waals surface area contributed by atoms with Gasteiger partial charge in [-0.15, -0.1) is 0 Å². The molecular formula is C13H12Cl2FNO2. The summed E-state index contributed by atoms with van der Waals surface area (Å²) in [7, 11) is 0. The second-order valence-corrected chi connectivity index (χ2v) is 4.83. The molecule has 0 bridgehead atoms. The molecule has 3 N–H and O–H groups in total. The van der Waals surface area contributed by atoms with Crippen LogP contribution >= 0.6 is 23.2 Å².